The highest BCUT2D eigenvalue weighted by Crippen LogP contribution is 2.16. The van der Waals surface area contributed by atoms with Crippen molar-refractivity contribution in [2.24, 2.45) is 0 Å². The molecule has 14 heavy (non-hydrogen) atoms. The van der Waals surface area contributed by atoms with Crippen molar-refractivity contribution in [1.82, 2.24) is 5.32 Å². The summed E-state index contributed by atoms with van der Waals surface area (Å²) < 4.78 is 0. The normalized spacial score (nSPS) is 16.1. The van der Waals surface area contributed by atoms with E-state index in [4.69, 9.17) is 0 Å². The second-order valence-electron chi connectivity index (χ2n) is 3.29. The third-order valence-electron chi connectivity index (χ3n) is 2.29. The van der Waals surface area contributed by atoms with E-state index in [0.717, 1.165) is 6.04 Å². The molecule has 1 rings (SSSR count). The van der Waals surface area contributed by atoms with Crippen molar-refractivity contribution in [2.45, 2.75) is 79.2 Å². The monoisotopic (exact) mass is 201 g/mol. The van der Waals surface area contributed by atoms with Gasteiger partial charge in [0.15, 0.2) is 0 Å². The van der Waals surface area contributed by atoms with E-state index in [9.17, 15) is 0 Å². The second-order valence-corrected chi connectivity index (χ2v) is 3.29. The Kier molecular flexibility index (Phi) is 18.1. The molecule has 1 nitrogen and oxygen atoms in total. The molecular weight excluding hydrogens is 170 g/mol. The lowest BCUT2D eigenvalue weighted by atomic mass is 9.95. The van der Waals surface area contributed by atoms with Crippen LogP contribution >= 0.6 is 0 Å². The Morgan fingerprint density at radius 2 is 1.43 bits per heavy atom. The number of hydrogen-bond acceptors (Lipinski definition) is 1. The van der Waals surface area contributed by atoms with Crippen LogP contribution in [-0.2, 0) is 0 Å². The van der Waals surface area contributed by atoms with Crippen molar-refractivity contribution in [3.8, 4) is 0 Å². The predicted molar refractivity (Wildman–Crippen MR) is 67.9 cm³/mol. The van der Waals surface area contributed by atoms with E-state index in [2.05, 4.69) is 12.2 Å². The highest BCUT2D eigenvalue weighted by atomic mass is 14.9. The fourth-order valence-electron chi connectivity index (χ4n) is 1.66. The van der Waals surface area contributed by atoms with E-state index in [-0.39, 0.29) is 0 Å². The maximum atomic E-state index is 3.57. The van der Waals surface area contributed by atoms with Crippen LogP contribution in [0.4, 0.5) is 0 Å². The summed E-state index contributed by atoms with van der Waals surface area (Å²) in [6.45, 7) is 11.4. The quantitative estimate of drug-likeness (QED) is 0.715. The predicted octanol–water partition coefficient (Wildman–Crippen LogP) is 4.37. The zero-order chi connectivity index (χ0) is 11.2. The van der Waals surface area contributed by atoms with E-state index >= 15 is 0 Å². The van der Waals surface area contributed by atoms with E-state index in [0.29, 0.717) is 0 Å². The first-order chi connectivity index (χ1) is 6.93. The zero-order valence-electron chi connectivity index (χ0n) is 11.0. The molecule has 0 unspecified atom stereocenters. The number of hydrogen-bond donors (Lipinski definition) is 1. The third kappa shape index (κ3) is 10.0. The molecule has 0 atom stereocenters. The minimum Gasteiger partial charge on any atom is -0.314 e. The van der Waals surface area contributed by atoms with Gasteiger partial charge in [-0.1, -0.05) is 53.9 Å². The van der Waals surface area contributed by atoms with Crippen molar-refractivity contribution < 1.29 is 0 Å². The van der Waals surface area contributed by atoms with Crippen LogP contribution in [0.3, 0.4) is 0 Å². The summed E-state index contributed by atoms with van der Waals surface area (Å²) in [5.74, 6) is 0. The third-order valence-corrected chi connectivity index (χ3v) is 2.29. The molecule has 1 fully saturated rings. The Bertz CT molecular complexity index is 75.3. The largest absolute Gasteiger partial charge is 0.314 e. The average Bonchev–Trinajstić information content (AvgIpc) is 2.33. The molecule has 0 aromatic heterocycles. The van der Waals surface area contributed by atoms with Gasteiger partial charge in [-0.3, -0.25) is 0 Å². The summed E-state index contributed by atoms with van der Waals surface area (Å²) in [5, 5.41) is 3.57. The summed E-state index contributed by atoms with van der Waals surface area (Å²) in [5.41, 5.74) is 0. The van der Waals surface area contributed by atoms with Crippen molar-refractivity contribution in [1.29, 1.82) is 0 Å². The van der Waals surface area contributed by atoms with Crippen LogP contribution in [0.1, 0.15) is 73.1 Å². The van der Waals surface area contributed by atoms with Crippen molar-refractivity contribution in [3.63, 3.8) is 0 Å². The van der Waals surface area contributed by atoms with Crippen LogP contribution in [-0.4, -0.2) is 12.6 Å². The molecule has 0 radical (unpaired) electrons. The fraction of sp³-hybridized carbons (Fsp3) is 1.00. The van der Waals surface area contributed by atoms with Gasteiger partial charge < -0.3 is 5.32 Å². The standard InChI is InChI=1S/C9H19N.2C2H6/c1-2-8-10-9-6-4-3-5-7-9;2*1-2/h9-10H,2-8H2,1H3;2*1-2H3. The van der Waals surface area contributed by atoms with Gasteiger partial charge in [-0.05, 0) is 25.8 Å². The molecular formula is C13H31N. The van der Waals surface area contributed by atoms with Crippen LogP contribution in [0.2, 0.25) is 0 Å². The summed E-state index contributed by atoms with van der Waals surface area (Å²) in [6, 6.07) is 0.855. The van der Waals surface area contributed by atoms with Gasteiger partial charge in [0, 0.05) is 6.04 Å². The Morgan fingerprint density at radius 1 is 0.929 bits per heavy atom. The minimum absolute atomic E-state index is 0.855. The Morgan fingerprint density at radius 3 is 1.86 bits per heavy atom. The topological polar surface area (TPSA) is 12.0 Å². The first-order valence-corrected chi connectivity index (χ1v) is 6.67. The maximum absolute atomic E-state index is 3.57. The molecule has 88 valence electrons. The van der Waals surface area contributed by atoms with E-state index in [1.165, 1.54) is 45.1 Å². The summed E-state index contributed by atoms with van der Waals surface area (Å²) in [7, 11) is 0. The highest BCUT2D eigenvalue weighted by Gasteiger charge is 2.10. The van der Waals surface area contributed by atoms with Crippen LogP contribution in [0, 0.1) is 0 Å². The summed E-state index contributed by atoms with van der Waals surface area (Å²) >= 11 is 0. The first kappa shape index (κ1) is 16.4. The van der Waals surface area contributed by atoms with Gasteiger partial charge in [-0.2, -0.15) is 0 Å². The lowest BCUT2D eigenvalue weighted by Crippen LogP contribution is -2.31. The minimum atomic E-state index is 0.855. The van der Waals surface area contributed by atoms with Gasteiger partial charge in [0.25, 0.3) is 0 Å². The Hall–Kier alpha value is -0.0400. The van der Waals surface area contributed by atoms with Gasteiger partial charge >= 0.3 is 0 Å². The highest BCUT2D eigenvalue weighted by molar-refractivity contribution is 4.70. The molecule has 1 aliphatic rings. The molecule has 1 saturated carbocycles. The summed E-state index contributed by atoms with van der Waals surface area (Å²) in [6.07, 6.45) is 8.46. The molecule has 0 aliphatic heterocycles. The Balaban J connectivity index is 0. The van der Waals surface area contributed by atoms with Gasteiger partial charge in [0.05, 0.1) is 0 Å². The lowest BCUT2D eigenvalue weighted by Gasteiger charge is -2.22. The average molecular weight is 201 g/mol. The van der Waals surface area contributed by atoms with E-state index in [1.54, 1.807) is 0 Å². The molecule has 0 heterocycles. The molecule has 1 aliphatic carbocycles. The molecule has 0 spiro atoms. The SMILES string of the molecule is CC.CC.CCCNC1CCCCC1. The molecule has 0 amide bonds. The van der Waals surface area contributed by atoms with Gasteiger partial charge in [0.1, 0.15) is 0 Å². The zero-order valence-corrected chi connectivity index (χ0v) is 11.0. The van der Waals surface area contributed by atoms with Crippen molar-refractivity contribution in [3.05, 3.63) is 0 Å². The first-order valence-electron chi connectivity index (χ1n) is 6.67. The maximum Gasteiger partial charge on any atom is 0.00670 e. The lowest BCUT2D eigenvalue weighted by molar-refractivity contribution is 0.374. The van der Waals surface area contributed by atoms with Crippen LogP contribution in [0.5, 0.6) is 0 Å². The van der Waals surface area contributed by atoms with Crippen LogP contribution < -0.4 is 5.32 Å². The molecule has 0 saturated heterocycles. The molecule has 0 aromatic carbocycles. The molecule has 0 bridgehead atoms. The van der Waals surface area contributed by atoms with Gasteiger partial charge in [0.2, 0.25) is 0 Å². The summed E-state index contributed by atoms with van der Waals surface area (Å²) in [4.78, 5) is 0. The van der Waals surface area contributed by atoms with Crippen molar-refractivity contribution in [2.75, 3.05) is 6.54 Å². The van der Waals surface area contributed by atoms with Crippen LogP contribution in [0.15, 0.2) is 0 Å². The Labute approximate surface area is 91.7 Å². The van der Waals surface area contributed by atoms with E-state index < -0.39 is 0 Å². The van der Waals surface area contributed by atoms with Gasteiger partial charge in [-0.15, -0.1) is 0 Å². The van der Waals surface area contributed by atoms with Crippen LogP contribution in [0.25, 0.3) is 0 Å². The molecule has 1 N–H and O–H groups in total. The number of nitrogens with one attached hydrogen (secondary N) is 1. The van der Waals surface area contributed by atoms with Crippen molar-refractivity contribution >= 4 is 0 Å². The van der Waals surface area contributed by atoms with Gasteiger partial charge in [-0.25, -0.2) is 0 Å². The smallest absolute Gasteiger partial charge is 0.00670 e. The second kappa shape index (κ2) is 15.4. The molecule has 1 heteroatoms. The molecule has 0 aromatic rings. The number of rotatable bonds is 3. The fourth-order valence-corrected chi connectivity index (χ4v) is 1.66. The van der Waals surface area contributed by atoms with E-state index in [1.807, 2.05) is 27.7 Å².